The van der Waals surface area contributed by atoms with Crippen molar-refractivity contribution < 1.29 is 9.72 Å². The van der Waals surface area contributed by atoms with Crippen molar-refractivity contribution in [2.75, 3.05) is 5.73 Å². The van der Waals surface area contributed by atoms with Crippen LogP contribution in [0.1, 0.15) is 18.9 Å². The van der Waals surface area contributed by atoms with Gasteiger partial charge in [-0.2, -0.15) is 5.10 Å². The summed E-state index contributed by atoms with van der Waals surface area (Å²) in [5.41, 5.74) is 10.5. The van der Waals surface area contributed by atoms with Crippen LogP contribution in [0.4, 0.5) is 5.69 Å². The fraction of sp³-hybridized carbons (Fsp3) is 0.200. The molecule has 7 heteroatoms. The van der Waals surface area contributed by atoms with Crippen molar-refractivity contribution in [3.63, 3.8) is 0 Å². The van der Waals surface area contributed by atoms with E-state index < -0.39 is 11.9 Å². The predicted octanol–water partition coefficient (Wildman–Crippen LogP) is 1.64. The van der Waals surface area contributed by atoms with Crippen LogP contribution in [0.3, 0.4) is 0 Å². The number of amides is 1. The van der Waals surface area contributed by atoms with Gasteiger partial charge in [0.1, 0.15) is 0 Å². The van der Waals surface area contributed by atoms with Gasteiger partial charge >= 0.3 is 0 Å². The molecule has 0 aromatic heterocycles. The number of hydrogen-bond acceptors (Lipinski definition) is 5. The smallest absolute Gasteiger partial charge is 0.271 e. The van der Waals surface area contributed by atoms with Crippen LogP contribution in [0.15, 0.2) is 53.2 Å². The average molecular weight is 300 g/mol. The van der Waals surface area contributed by atoms with E-state index in [9.17, 15) is 14.9 Å². The van der Waals surface area contributed by atoms with E-state index in [-0.39, 0.29) is 11.3 Å². The zero-order chi connectivity index (χ0) is 16.1. The van der Waals surface area contributed by atoms with Crippen molar-refractivity contribution in [1.82, 2.24) is 5.43 Å². The normalized spacial score (nSPS) is 17.8. The maximum Gasteiger partial charge on any atom is 0.271 e. The van der Waals surface area contributed by atoms with E-state index in [2.05, 4.69) is 10.5 Å². The first kappa shape index (κ1) is 15.4. The van der Waals surface area contributed by atoms with Crippen molar-refractivity contribution in [2.45, 2.75) is 19.4 Å². The maximum absolute atomic E-state index is 11.9. The number of nitrogen functional groups attached to an aromatic ring is 1. The van der Waals surface area contributed by atoms with E-state index in [0.717, 1.165) is 5.56 Å². The van der Waals surface area contributed by atoms with Crippen LogP contribution in [-0.2, 0) is 4.79 Å². The fourth-order valence-corrected chi connectivity index (χ4v) is 1.92. The number of anilines is 1. The van der Waals surface area contributed by atoms with Gasteiger partial charge in [0.2, 0.25) is 6.04 Å². The molecule has 1 aliphatic rings. The Kier molecular flexibility index (Phi) is 4.67. The largest absolute Gasteiger partial charge is 0.399 e. The number of nitrogens with one attached hydrogen (secondary N) is 1. The summed E-state index contributed by atoms with van der Waals surface area (Å²) >= 11 is 0. The molecule has 3 N–H and O–H groups in total. The minimum Gasteiger partial charge on any atom is -0.399 e. The van der Waals surface area contributed by atoms with E-state index >= 15 is 0 Å². The number of benzene rings is 1. The molecule has 0 heterocycles. The molecular formula is C15H16N4O3. The van der Waals surface area contributed by atoms with E-state index in [4.69, 9.17) is 5.73 Å². The Morgan fingerprint density at radius 3 is 2.64 bits per heavy atom. The first-order valence-electron chi connectivity index (χ1n) is 6.70. The van der Waals surface area contributed by atoms with Crippen molar-refractivity contribution in [2.24, 2.45) is 5.10 Å². The van der Waals surface area contributed by atoms with Crippen LogP contribution < -0.4 is 11.2 Å². The Bertz CT molecular complexity index is 675. The third-order valence-corrected chi connectivity index (χ3v) is 3.26. The molecule has 1 aliphatic carbocycles. The van der Waals surface area contributed by atoms with Crippen LogP contribution >= 0.6 is 0 Å². The molecule has 1 aromatic rings. The highest BCUT2D eigenvalue weighted by molar-refractivity contribution is 6.01. The number of nitro groups is 1. The summed E-state index contributed by atoms with van der Waals surface area (Å²) in [7, 11) is 0. The lowest BCUT2D eigenvalue weighted by Crippen LogP contribution is -2.24. The molecule has 7 nitrogen and oxygen atoms in total. The highest BCUT2D eigenvalue weighted by Gasteiger charge is 2.20. The average Bonchev–Trinajstić information content (AvgIpc) is 2.53. The molecule has 1 aromatic carbocycles. The lowest BCUT2D eigenvalue weighted by molar-refractivity contribution is -0.508. The summed E-state index contributed by atoms with van der Waals surface area (Å²) in [5.74, 6) is -0.396. The number of hydrazone groups is 1. The van der Waals surface area contributed by atoms with E-state index in [1.54, 1.807) is 19.1 Å². The summed E-state index contributed by atoms with van der Waals surface area (Å²) < 4.78 is 0. The molecule has 1 unspecified atom stereocenters. The Labute approximate surface area is 127 Å². The minimum absolute atomic E-state index is 0.201. The Hall–Kier alpha value is -2.96. The molecular weight excluding hydrogens is 284 g/mol. The summed E-state index contributed by atoms with van der Waals surface area (Å²) in [6.45, 7) is 1.76. The lowest BCUT2D eigenvalue weighted by Gasteiger charge is -2.09. The third kappa shape index (κ3) is 3.78. The highest BCUT2D eigenvalue weighted by Crippen LogP contribution is 2.13. The highest BCUT2D eigenvalue weighted by atomic mass is 16.6. The molecule has 22 heavy (non-hydrogen) atoms. The molecule has 0 aliphatic heterocycles. The fourth-order valence-electron chi connectivity index (χ4n) is 1.92. The van der Waals surface area contributed by atoms with Crippen LogP contribution in [0, 0.1) is 10.1 Å². The Morgan fingerprint density at radius 1 is 1.41 bits per heavy atom. The van der Waals surface area contributed by atoms with Crippen LogP contribution in [0.5, 0.6) is 0 Å². The Balaban J connectivity index is 1.98. The van der Waals surface area contributed by atoms with Crippen LogP contribution in [-0.4, -0.2) is 22.6 Å². The van der Waals surface area contributed by atoms with Gasteiger partial charge in [0.15, 0.2) is 0 Å². The summed E-state index contributed by atoms with van der Waals surface area (Å²) in [6, 6.07) is 6.35. The standard InChI is InChI=1S/C15H16N4O3/c1-10(11-2-6-13(16)7-3-11)17-18-15(20)12-4-8-14(9-5-12)19(21)22/h2-8,14H,9,16H2,1H3,(H,18,20). The quantitative estimate of drug-likeness (QED) is 0.381. The monoisotopic (exact) mass is 300 g/mol. The molecule has 0 radical (unpaired) electrons. The SMILES string of the molecule is CC(=NNC(=O)C1=CCC([N+](=O)[O-])C=C1)c1ccc(N)cc1. The van der Waals surface area contributed by atoms with Gasteiger partial charge in [-0.25, -0.2) is 5.43 Å². The predicted molar refractivity (Wildman–Crippen MR) is 83.8 cm³/mol. The van der Waals surface area contributed by atoms with Gasteiger partial charge < -0.3 is 5.73 Å². The first-order valence-corrected chi connectivity index (χ1v) is 6.70. The molecule has 114 valence electrons. The number of hydrogen-bond donors (Lipinski definition) is 2. The Morgan fingerprint density at radius 2 is 2.09 bits per heavy atom. The second-order valence-corrected chi connectivity index (χ2v) is 4.87. The number of nitrogens with zero attached hydrogens (tertiary/aromatic N) is 2. The summed E-state index contributed by atoms with van der Waals surface area (Å²) in [5, 5.41) is 14.6. The summed E-state index contributed by atoms with van der Waals surface area (Å²) in [4.78, 5) is 22.2. The molecule has 0 fully saturated rings. The lowest BCUT2D eigenvalue weighted by atomic mass is 10.0. The van der Waals surface area contributed by atoms with Crippen molar-refractivity contribution in [3.05, 3.63) is 63.7 Å². The topological polar surface area (TPSA) is 111 Å². The molecule has 0 saturated heterocycles. The zero-order valence-corrected chi connectivity index (χ0v) is 12.0. The first-order chi connectivity index (χ1) is 10.5. The van der Waals surface area contributed by atoms with E-state index in [1.165, 1.54) is 18.2 Å². The third-order valence-electron chi connectivity index (χ3n) is 3.26. The molecule has 0 bridgehead atoms. The second kappa shape index (κ2) is 6.66. The van der Waals surface area contributed by atoms with Gasteiger partial charge in [-0.3, -0.25) is 14.9 Å². The number of nitrogens with two attached hydrogens (primary N) is 1. The minimum atomic E-state index is -0.767. The van der Waals surface area contributed by atoms with Gasteiger partial charge in [0.25, 0.3) is 5.91 Å². The van der Waals surface area contributed by atoms with Crippen molar-refractivity contribution >= 4 is 17.3 Å². The van der Waals surface area contributed by atoms with E-state index in [0.29, 0.717) is 17.0 Å². The molecule has 0 saturated carbocycles. The van der Waals surface area contributed by atoms with Crippen molar-refractivity contribution in [3.8, 4) is 0 Å². The number of carbonyl (C=O) groups is 1. The molecule has 0 spiro atoms. The molecule has 1 amide bonds. The van der Waals surface area contributed by atoms with Gasteiger partial charge in [-0.1, -0.05) is 18.2 Å². The summed E-state index contributed by atoms with van der Waals surface area (Å²) in [6.07, 6.45) is 4.59. The molecule has 1 atom stereocenters. The van der Waals surface area contributed by atoms with Crippen LogP contribution in [0.25, 0.3) is 0 Å². The number of rotatable bonds is 4. The zero-order valence-electron chi connectivity index (χ0n) is 12.0. The van der Waals surface area contributed by atoms with Gasteiger partial charge in [0.05, 0.1) is 5.71 Å². The number of carbonyl (C=O) groups excluding carboxylic acids is 1. The van der Waals surface area contributed by atoms with Gasteiger partial charge in [0, 0.05) is 22.6 Å². The van der Waals surface area contributed by atoms with E-state index in [1.807, 2.05) is 12.1 Å². The van der Waals surface area contributed by atoms with Crippen molar-refractivity contribution in [1.29, 1.82) is 0 Å². The maximum atomic E-state index is 11.9. The van der Waals surface area contributed by atoms with Crippen LogP contribution in [0.2, 0.25) is 0 Å². The van der Waals surface area contributed by atoms with Gasteiger partial charge in [-0.15, -0.1) is 0 Å². The molecule has 2 rings (SSSR count). The second-order valence-electron chi connectivity index (χ2n) is 4.87. The van der Waals surface area contributed by atoms with Gasteiger partial charge in [-0.05, 0) is 36.8 Å².